The van der Waals surface area contributed by atoms with E-state index in [9.17, 15) is 61.5 Å². The summed E-state index contributed by atoms with van der Waals surface area (Å²) in [4.78, 5) is 12.2. The van der Waals surface area contributed by atoms with Crippen molar-refractivity contribution in [1.29, 1.82) is 0 Å². The molecule has 20 heteroatoms. The summed E-state index contributed by atoms with van der Waals surface area (Å²) < 4.78 is 215. The standard InChI is InChI=1S/C28H22F13NO5S/c29-23(30)25(33,34)28(40,41)24(31,32)20(16-10-11-19-17(13-16)12-15-8-4-5-9-18(15)19)42-47-48(44,45)27(38,39)22(26(35,36)37)46-21(43)14-6-2-1-3-7-14/h4-5,8-11,13-14,22-23H,1-3,6-7,12H2/b42-20+. The quantitative estimate of drug-likeness (QED) is 0.0862. The van der Waals surface area contributed by atoms with Crippen molar-refractivity contribution in [3.8, 4) is 11.1 Å². The molecule has 0 amide bonds. The Balaban J connectivity index is 1.79. The molecule has 1 fully saturated rings. The van der Waals surface area contributed by atoms with Crippen molar-refractivity contribution in [2.45, 2.75) is 80.3 Å². The lowest BCUT2D eigenvalue weighted by atomic mass is 9.89. The van der Waals surface area contributed by atoms with Crippen molar-refractivity contribution in [1.82, 2.24) is 0 Å². The first-order chi connectivity index (χ1) is 22.0. The summed E-state index contributed by atoms with van der Waals surface area (Å²) in [5, 5.41) is -4.42. The molecule has 0 aliphatic heterocycles. The number of hydrogen-bond donors (Lipinski definition) is 0. The fourth-order valence-electron chi connectivity index (χ4n) is 5.22. The zero-order valence-electron chi connectivity index (χ0n) is 23.8. The normalized spacial score (nSPS) is 17.6. The first-order valence-corrected chi connectivity index (χ1v) is 15.2. The summed E-state index contributed by atoms with van der Waals surface area (Å²) in [6.45, 7) is 0. The van der Waals surface area contributed by atoms with Crippen LogP contribution in [0.5, 0.6) is 0 Å². The Morgan fingerprint density at radius 2 is 1.40 bits per heavy atom. The van der Waals surface area contributed by atoms with Gasteiger partial charge in [0.1, 0.15) is 0 Å². The third kappa shape index (κ3) is 6.55. The number of esters is 1. The monoisotopic (exact) mass is 731 g/mol. The molecule has 0 aromatic heterocycles. The maximum atomic E-state index is 15.2. The Morgan fingerprint density at radius 1 is 0.812 bits per heavy atom. The summed E-state index contributed by atoms with van der Waals surface area (Å²) >= 11 is 0. The maximum absolute atomic E-state index is 15.2. The van der Waals surface area contributed by atoms with E-state index in [4.69, 9.17) is 0 Å². The van der Waals surface area contributed by atoms with E-state index in [1.165, 1.54) is 18.2 Å². The molecular formula is C28H22F13NO5S. The topological polar surface area (TPSA) is 82.0 Å². The number of nitrogens with zero attached hydrogens (tertiary/aromatic N) is 1. The molecule has 0 N–H and O–H groups in total. The minimum Gasteiger partial charge on any atom is -0.444 e. The zero-order valence-corrected chi connectivity index (χ0v) is 24.6. The molecular weight excluding hydrogens is 709 g/mol. The molecule has 0 radical (unpaired) electrons. The largest absolute Gasteiger partial charge is 0.444 e. The number of halogens is 13. The van der Waals surface area contributed by atoms with Gasteiger partial charge in [-0.1, -0.05) is 60.8 Å². The van der Waals surface area contributed by atoms with Crippen LogP contribution in [0.3, 0.4) is 0 Å². The number of alkyl halides is 13. The van der Waals surface area contributed by atoms with Crippen molar-refractivity contribution >= 4 is 21.8 Å². The lowest BCUT2D eigenvalue weighted by Gasteiger charge is -2.33. The minimum absolute atomic E-state index is 0.0268. The number of carbonyl (C=O) groups excluding carboxylic acids is 1. The number of fused-ring (bicyclic) bond motifs is 3. The number of hydrogen-bond acceptors (Lipinski definition) is 6. The highest BCUT2D eigenvalue weighted by Crippen LogP contribution is 2.51. The van der Waals surface area contributed by atoms with Crippen LogP contribution in [0.15, 0.2) is 47.6 Å². The summed E-state index contributed by atoms with van der Waals surface area (Å²) in [5.41, 5.74) is -3.17. The molecule has 1 atom stereocenters. The van der Waals surface area contributed by atoms with Crippen molar-refractivity contribution in [2.75, 3.05) is 0 Å². The average Bonchev–Trinajstić information content (AvgIpc) is 3.37. The molecule has 2 aromatic carbocycles. The molecule has 0 saturated heterocycles. The highest BCUT2D eigenvalue weighted by molar-refractivity contribution is 7.87. The first kappa shape index (κ1) is 37.2. The van der Waals surface area contributed by atoms with Crippen LogP contribution in [0, 0.1) is 5.92 Å². The molecule has 0 spiro atoms. The van der Waals surface area contributed by atoms with E-state index >= 15 is 8.78 Å². The predicted molar refractivity (Wildman–Crippen MR) is 140 cm³/mol. The van der Waals surface area contributed by atoms with Crippen LogP contribution in [0.1, 0.15) is 48.8 Å². The van der Waals surface area contributed by atoms with Gasteiger partial charge in [-0.15, -0.1) is 0 Å². The van der Waals surface area contributed by atoms with Gasteiger partial charge in [-0.05, 0) is 47.6 Å². The number of carbonyl (C=O) groups is 1. The van der Waals surface area contributed by atoms with Crippen molar-refractivity contribution < 1.29 is 79.3 Å². The zero-order chi connectivity index (χ0) is 36.1. The van der Waals surface area contributed by atoms with E-state index in [1.807, 2.05) is 5.16 Å². The highest BCUT2D eigenvalue weighted by atomic mass is 32.2. The van der Waals surface area contributed by atoms with Crippen LogP contribution in [-0.4, -0.2) is 61.8 Å². The van der Waals surface area contributed by atoms with Crippen molar-refractivity contribution in [2.24, 2.45) is 11.1 Å². The Kier molecular flexibility index (Phi) is 9.86. The molecule has 1 saturated carbocycles. The summed E-state index contributed by atoms with van der Waals surface area (Å²) in [6.07, 6.45) is -15.9. The van der Waals surface area contributed by atoms with Crippen LogP contribution < -0.4 is 0 Å². The van der Waals surface area contributed by atoms with Gasteiger partial charge in [-0.25, -0.2) is 8.78 Å². The molecule has 4 rings (SSSR count). The third-order valence-electron chi connectivity index (χ3n) is 7.79. The number of ether oxygens (including phenoxy) is 1. The number of oxime groups is 1. The van der Waals surface area contributed by atoms with Gasteiger partial charge < -0.3 is 4.74 Å². The van der Waals surface area contributed by atoms with Crippen molar-refractivity contribution in [3.05, 3.63) is 59.2 Å². The second kappa shape index (κ2) is 12.7. The maximum Gasteiger partial charge on any atom is 0.432 e. The molecule has 0 bridgehead atoms. The molecule has 2 aliphatic rings. The molecule has 2 aromatic rings. The first-order valence-electron chi connectivity index (χ1n) is 13.8. The highest BCUT2D eigenvalue weighted by Gasteiger charge is 2.77. The smallest absolute Gasteiger partial charge is 0.432 e. The lowest BCUT2D eigenvalue weighted by Crippen LogP contribution is -2.61. The van der Waals surface area contributed by atoms with Crippen LogP contribution in [-0.2, 0) is 30.4 Å². The molecule has 2 aliphatic carbocycles. The average molecular weight is 732 g/mol. The Labute approximate surface area is 263 Å². The SMILES string of the molecule is O=C(OC(C(F)(F)F)C(F)(F)S(=O)(=O)O/N=C(\c1ccc2c(c1)Cc1ccccc1-2)C(F)(F)C(F)(F)C(F)(F)C(F)F)C1CCCCC1. The van der Waals surface area contributed by atoms with Gasteiger partial charge in [0, 0.05) is 5.56 Å². The molecule has 1 unspecified atom stereocenters. The van der Waals surface area contributed by atoms with E-state index in [-0.39, 0.29) is 43.2 Å². The van der Waals surface area contributed by atoms with Gasteiger partial charge in [-0.2, -0.15) is 56.7 Å². The second-order valence-corrected chi connectivity index (χ2v) is 12.6. The van der Waals surface area contributed by atoms with E-state index < -0.39 is 75.0 Å². The summed E-state index contributed by atoms with van der Waals surface area (Å²) in [7, 11) is -7.37. The lowest BCUT2D eigenvalue weighted by molar-refractivity contribution is -0.319. The van der Waals surface area contributed by atoms with Gasteiger partial charge in [-0.3, -0.25) is 9.08 Å². The second-order valence-electron chi connectivity index (χ2n) is 11.0. The van der Waals surface area contributed by atoms with Crippen LogP contribution in [0.4, 0.5) is 57.1 Å². The Morgan fingerprint density at radius 3 is 1.98 bits per heavy atom. The Hall–Kier alpha value is -3.58. The van der Waals surface area contributed by atoms with Gasteiger partial charge in [0.15, 0.2) is 5.71 Å². The van der Waals surface area contributed by atoms with Crippen LogP contribution >= 0.6 is 0 Å². The fraction of sp³-hybridized carbons (Fsp3) is 0.500. The molecule has 266 valence electrons. The van der Waals surface area contributed by atoms with Gasteiger partial charge in [0.2, 0.25) is 0 Å². The van der Waals surface area contributed by atoms with Gasteiger partial charge in [0.25, 0.3) is 6.10 Å². The van der Waals surface area contributed by atoms with Crippen molar-refractivity contribution in [3.63, 3.8) is 0 Å². The van der Waals surface area contributed by atoms with E-state index in [0.717, 1.165) is 6.07 Å². The van der Waals surface area contributed by atoms with E-state index in [1.54, 1.807) is 6.07 Å². The van der Waals surface area contributed by atoms with Gasteiger partial charge >= 0.3 is 51.7 Å². The summed E-state index contributed by atoms with van der Waals surface area (Å²) in [6, 6.07) is 8.03. The summed E-state index contributed by atoms with van der Waals surface area (Å²) in [5.74, 6) is -23.9. The molecule has 0 heterocycles. The van der Waals surface area contributed by atoms with Crippen LogP contribution in [0.25, 0.3) is 11.1 Å². The van der Waals surface area contributed by atoms with Gasteiger partial charge in [0.05, 0.1) is 5.92 Å². The molecule has 48 heavy (non-hydrogen) atoms. The number of rotatable bonds is 11. The predicted octanol–water partition coefficient (Wildman–Crippen LogP) is 8.13. The molecule has 6 nitrogen and oxygen atoms in total. The number of benzene rings is 2. The Bertz CT molecular complexity index is 1670. The minimum atomic E-state index is -7.37. The fourth-order valence-corrected chi connectivity index (χ4v) is 5.94. The van der Waals surface area contributed by atoms with E-state index in [2.05, 4.69) is 9.02 Å². The third-order valence-corrected chi connectivity index (χ3v) is 8.94. The van der Waals surface area contributed by atoms with Crippen LogP contribution in [0.2, 0.25) is 0 Å². The van der Waals surface area contributed by atoms with E-state index in [0.29, 0.717) is 29.7 Å².